The quantitative estimate of drug-likeness (QED) is 0.779. The minimum Gasteiger partial charge on any atom is -0.332 e. The average molecular weight is 218 g/mol. The van der Waals surface area contributed by atoms with Crippen LogP contribution in [0.4, 0.5) is 0 Å². The van der Waals surface area contributed by atoms with Crippen LogP contribution in [-0.2, 0) is 24.2 Å². The zero-order valence-electron chi connectivity index (χ0n) is 9.83. The fourth-order valence-corrected chi connectivity index (χ4v) is 2.68. The highest BCUT2D eigenvalue weighted by Crippen LogP contribution is 2.41. The molecule has 0 atom stereocenters. The van der Waals surface area contributed by atoms with E-state index in [0.29, 0.717) is 12.3 Å². The molecule has 1 aromatic heterocycles. The van der Waals surface area contributed by atoms with Crippen LogP contribution in [0.5, 0.6) is 0 Å². The van der Waals surface area contributed by atoms with Crippen molar-refractivity contribution in [3.63, 3.8) is 0 Å². The number of Topliss-reactive ketones (excluding diaryl/α,β-unsaturated/α-hetero) is 1. The van der Waals surface area contributed by atoms with Crippen molar-refractivity contribution < 1.29 is 4.79 Å². The molecular formula is C13H18N2O. The number of hydrogen-bond acceptors (Lipinski definition) is 2. The van der Waals surface area contributed by atoms with Crippen LogP contribution in [0.25, 0.3) is 0 Å². The predicted octanol–water partition coefficient (Wildman–Crippen LogP) is 2.23. The van der Waals surface area contributed by atoms with E-state index in [9.17, 15) is 4.79 Å². The van der Waals surface area contributed by atoms with Crippen LogP contribution in [0.1, 0.15) is 55.7 Å². The van der Waals surface area contributed by atoms with Gasteiger partial charge in [0.25, 0.3) is 0 Å². The number of rotatable bonds is 3. The molecule has 0 N–H and O–H groups in total. The molecular weight excluding hydrogens is 200 g/mol. The molecule has 1 aliphatic carbocycles. The fourth-order valence-electron chi connectivity index (χ4n) is 2.68. The lowest BCUT2D eigenvalue weighted by Crippen LogP contribution is -2.13. The summed E-state index contributed by atoms with van der Waals surface area (Å²) in [5, 5.41) is 0. The molecule has 1 aromatic rings. The Balaban J connectivity index is 2.00. The molecule has 0 unspecified atom stereocenters. The number of aromatic nitrogens is 2. The van der Waals surface area contributed by atoms with E-state index >= 15 is 0 Å². The average Bonchev–Trinajstić information content (AvgIpc) is 3.03. The summed E-state index contributed by atoms with van der Waals surface area (Å²) in [6.45, 7) is 2.78. The van der Waals surface area contributed by atoms with Gasteiger partial charge < -0.3 is 4.57 Å². The second-order valence-electron chi connectivity index (χ2n) is 5.13. The smallest absolute Gasteiger partial charge is 0.135 e. The zero-order valence-corrected chi connectivity index (χ0v) is 9.83. The number of carbonyl (C=O) groups excluding carboxylic acids is 1. The number of nitrogens with zero attached hydrogens (tertiary/aromatic N) is 2. The van der Waals surface area contributed by atoms with Gasteiger partial charge in [-0.1, -0.05) is 0 Å². The van der Waals surface area contributed by atoms with E-state index in [-0.39, 0.29) is 5.78 Å². The molecule has 0 radical (unpaired) electrons. The molecule has 1 saturated carbocycles. The van der Waals surface area contributed by atoms with Crippen molar-refractivity contribution in [1.82, 2.24) is 9.55 Å². The summed E-state index contributed by atoms with van der Waals surface area (Å²) in [4.78, 5) is 16.0. The molecule has 3 heteroatoms. The van der Waals surface area contributed by atoms with Gasteiger partial charge in [-0.15, -0.1) is 0 Å². The van der Waals surface area contributed by atoms with Gasteiger partial charge in [-0.05, 0) is 39.0 Å². The topological polar surface area (TPSA) is 34.9 Å². The molecule has 0 saturated heterocycles. The van der Waals surface area contributed by atoms with E-state index in [2.05, 4.69) is 4.57 Å². The lowest BCUT2D eigenvalue weighted by molar-refractivity contribution is -0.116. The van der Waals surface area contributed by atoms with Gasteiger partial charge >= 0.3 is 0 Å². The van der Waals surface area contributed by atoms with Gasteiger partial charge in [0.15, 0.2) is 0 Å². The minimum atomic E-state index is 0.230. The van der Waals surface area contributed by atoms with Gasteiger partial charge in [0.1, 0.15) is 11.6 Å². The van der Waals surface area contributed by atoms with Crippen molar-refractivity contribution in [1.29, 1.82) is 0 Å². The Kier molecular flexibility index (Phi) is 2.34. The number of imidazole rings is 1. The van der Waals surface area contributed by atoms with Crippen molar-refractivity contribution in [3.05, 3.63) is 17.2 Å². The first-order valence-corrected chi connectivity index (χ1v) is 6.33. The van der Waals surface area contributed by atoms with Crippen LogP contribution >= 0.6 is 0 Å². The number of hydrogen-bond donors (Lipinski definition) is 0. The van der Waals surface area contributed by atoms with Gasteiger partial charge in [-0.3, -0.25) is 4.79 Å². The summed E-state index contributed by atoms with van der Waals surface area (Å²) < 4.78 is 2.40. The van der Waals surface area contributed by atoms with Crippen molar-refractivity contribution in [2.45, 2.75) is 57.9 Å². The fraction of sp³-hybridized carbons (Fsp3) is 0.692. The van der Waals surface area contributed by atoms with Crippen molar-refractivity contribution in [3.8, 4) is 0 Å². The Morgan fingerprint density at radius 2 is 2.25 bits per heavy atom. The Morgan fingerprint density at radius 3 is 2.94 bits per heavy atom. The van der Waals surface area contributed by atoms with Crippen LogP contribution < -0.4 is 0 Å². The van der Waals surface area contributed by atoms with Gasteiger partial charge in [0.05, 0.1) is 12.1 Å². The molecule has 3 rings (SSSR count). The van der Waals surface area contributed by atoms with Crippen molar-refractivity contribution >= 4 is 5.78 Å². The third kappa shape index (κ3) is 1.68. The minimum absolute atomic E-state index is 0.230. The molecule has 1 fully saturated rings. The molecule has 86 valence electrons. The lowest BCUT2D eigenvalue weighted by atomic mass is 10.1. The van der Waals surface area contributed by atoms with Crippen LogP contribution in [-0.4, -0.2) is 15.3 Å². The molecule has 3 nitrogen and oxygen atoms in total. The van der Waals surface area contributed by atoms with Gasteiger partial charge in [0.2, 0.25) is 0 Å². The monoisotopic (exact) mass is 218 g/mol. The molecule has 0 amide bonds. The maximum absolute atomic E-state index is 11.2. The third-order valence-corrected chi connectivity index (χ3v) is 3.59. The first-order valence-electron chi connectivity index (χ1n) is 6.33. The third-order valence-electron chi connectivity index (χ3n) is 3.59. The molecule has 0 spiro atoms. The normalized spacial score (nSPS) is 19.6. The van der Waals surface area contributed by atoms with Gasteiger partial charge in [-0.25, -0.2) is 4.98 Å². The van der Waals surface area contributed by atoms with Gasteiger partial charge in [-0.2, -0.15) is 0 Å². The highest BCUT2D eigenvalue weighted by molar-refractivity contribution is 5.78. The van der Waals surface area contributed by atoms with Crippen molar-refractivity contribution in [2.75, 3.05) is 0 Å². The largest absolute Gasteiger partial charge is 0.332 e. The van der Waals surface area contributed by atoms with Crippen LogP contribution in [0, 0.1) is 0 Å². The van der Waals surface area contributed by atoms with E-state index in [4.69, 9.17) is 4.98 Å². The number of ketones is 1. The summed E-state index contributed by atoms with van der Waals surface area (Å²) in [6, 6.07) is 0. The maximum atomic E-state index is 11.2. The van der Waals surface area contributed by atoms with Gasteiger partial charge in [0, 0.05) is 18.2 Å². The zero-order chi connectivity index (χ0) is 11.1. The van der Waals surface area contributed by atoms with Crippen molar-refractivity contribution in [2.24, 2.45) is 0 Å². The highest BCUT2D eigenvalue weighted by atomic mass is 16.1. The van der Waals surface area contributed by atoms with E-state index in [0.717, 1.165) is 18.7 Å². The molecule has 16 heavy (non-hydrogen) atoms. The predicted molar refractivity (Wildman–Crippen MR) is 61.5 cm³/mol. The SMILES string of the molecule is CC(=O)Cc1nc(C2CC2)n2c1CCCC2. The van der Waals surface area contributed by atoms with E-state index in [1.165, 1.54) is 37.2 Å². The first kappa shape index (κ1) is 10.1. The lowest BCUT2D eigenvalue weighted by Gasteiger charge is -2.17. The molecule has 1 aliphatic heterocycles. The summed E-state index contributed by atoms with van der Waals surface area (Å²) >= 11 is 0. The first-order chi connectivity index (χ1) is 7.75. The van der Waals surface area contributed by atoms with E-state index in [1.54, 1.807) is 6.92 Å². The maximum Gasteiger partial charge on any atom is 0.135 e. The Hall–Kier alpha value is -1.12. The molecule has 0 aromatic carbocycles. The molecule has 0 bridgehead atoms. The van der Waals surface area contributed by atoms with Crippen LogP contribution in [0.3, 0.4) is 0 Å². The number of carbonyl (C=O) groups is 1. The molecule has 2 heterocycles. The summed E-state index contributed by atoms with van der Waals surface area (Å²) in [5.74, 6) is 2.19. The highest BCUT2D eigenvalue weighted by Gasteiger charge is 2.31. The standard InChI is InChI=1S/C13H18N2O/c1-9(16)8-11-12-4-2-3-7-15(12)13(14-11)10-5-6-10/h10H,2-8H2,1H3. The number of fused-ring (bicyclic) bond motifs is 1. The summed E-state index contributed by atoms with van der Waals surface area (Å²) in [5.41, 5.74) is 2.41. The second-order valence-corrected chi connectivity index (χ2v) is 5.13. The summed E-state index contributed by atoms with van der Waals surface area (Å²) in [7, 11) is 0. The molecule has 2 aliphatic rings. The van der Waals surface area contributed by atoms with Crippen LogP contribution in [0.15, 0.2) is 0 Å². The van der Waals surface area contributed by atoms with Crippen LogP contribution in [0.2, 0.25) is 0 Å². The Labute approximate surface area is 95.9 Å². The summed E-state index contributed by atoms with van der Waals surface area (Å²) in [6.07, 6.45) is 6.74. The van der Waals surface area contributed by atoms with E-state index in [1.807, 2.05) is 0 Å². The Morgan fingerprint density at radius 1 is 1.44 bits per heavy atom. The second kappa shape index (κ2) is 3.72. The Bertz CT molecular complexity index is 429. The van der Waals surface area contributed by atoms with E-state index < -0.39 is 0 Å².